The minimum atomic E-state index is 0.756. The molecule has 0 saturated carbocycles. The van der Waals surface area contributed by atoms with Gasteiger partial charge in [-0.2, -0.15) is 0 Å². The highest BCUT2D eigenvalue weighted by Gasteiger charge is 2.02. The molecular weight excluding hydrogens is 264 g/mol. The van der Waals surface area contributed by atoms with Gasteiger partial charge in [-0.05, 0) is 24.6 Å². The van der Waals surface area contributed by atoms with E-state index in [1.54, 1.807) is 12.7 Å². The van der Waals surface area contributed by atoms with Gasteiger partial charge in [0.1, 0.15) is 12.7 Å². The molecule has 0 aliphatic heterocycles. The van der Waals surface area contributed by atoms with E-state index in [1.807, 2.05) is 35.3 Å². The van der Waals surface area contributed by atoms with Crippen LogP contribution < -0.4 is 5.32 Å². The molecule has 0 radical (unpaired) electrons. The summed E-state index contributed by atoms with van der Waals surface area (Å²) in [5.74, 6) is 0. The molecule has 0 saturated heterocycles. The van der Waals surface area contributed by atoms with Gasteiger partial charge in [0.05, 0.1) is 24.3 Å². The predicted molar refractivity (Wildman–Crippen MR) is 81.2 cm³/mol. The van der Waals surface area contributed by atoms with Gasteiger partial charge in [-0.1, -0.05) is 13.0 Å². The number of aromatic nitrogens is 5. The standard InChI is InChI=1S/C15H18N6/c1-2-6-20-10-16-8-15(20)9-17-13-4-3-5-14(7-13)21-11-18-19-12-21/h3-5,7-8,10-12,17H,2,6,9H2,1H3. The number of imidazole rings is 1. The van der Waals surface area contributed by atoms with Crippen molar-refractivity contribution in [2.45, 2.75) is 26.4 Å². The largest absolute Gasteiger partial charge is 0.379 e. The molecule has 1 aromatic carbocycles. The van der Waals surface area contributed by atoms with E-state index in [2.05, 4.69) is 38.1 Å². The van der Waals surface area contributed by atoms with Crippen molar-refractivity contribution in [3.8, 4) is 5.69 Å². The van der Waals surface area contributed by atoms with Crippen molar-refractivity contribution in [3.63, 3.8) is 0 Å². The van der Waals surface area contributed by atoms with Gasteiger partial charge in [-0.25, -0.2) is 4.98 Å². The van der Waals surface area contributed by atoms with Crippen LogP contribution in [0.1, 0.15) is 19.0 Å². The Bertz CT molecular complexity index is 686. The SMILES string of the molecule is CCCn1cncc1CNc1cccc(-n2cnnc2)c1. The molecule has 3 rings (SSSR count). The Labute approximate surface area is 123 Å². The molecule has 0 unspecified atom stereocenters. The Balaban J connectivity index is 1.71. The van der Waals surface area contributed by atoms with Crippen molar-refractivity contribution >= 4 is 5.69 Å². The van der Waals surface area contributed by atoms with E-state index in [0.717, 1.165) is 30.9 Å². The highest BCUT2D eigenvalue weighted by Crippen LogP contribution is 2.15. The van der Waals surface area contributed by atoms with Gasteiger partial charge in [-0.3, -0.25) is 4.57 Å². The quantitative estimate of drug-likeness (QED) is 0.754. The lowest BCUT2D eigenvalue weighted by molar-refractivity contribution is 0.651. The molecule has 0 aliphatic carbocycles. The van der Waals surface area contributed by atoms with E-state index in [0.29, 0.717) is 0 Å². The molecule has 2 heterocycles. The maximum atomic E-state index is 4.21. The second kappa shape index (κ2) is 6.21. The fourth-order valence-corrected chi connectivity index (χ4v) is 2.24. The van der Waals surface area contributed by atoms with Gasteiger partial charge in [0.25, 0.3) is 0 Å². The van der Waals surface area contributed by atoms with Crippen LogP contribution in [0.2, 0.25) is 0 Å². The van der Waals surface area contributed by atoms with Gasteiger partial charge in [0.15, 0.2) is 0 Å². The number of nitrogens with one attached hydrogen (secondary N) is 1. The summed E-state index contributed by atoms with van der Waals surface area (Å²) < 4.78 is 4.06. The Hall–Kier alpha value is -2.63. The van der Waals surface area contributed by atoms with Crippen LogP contribution in [0.5, 0.6) is 0 Å². The lowest BCUT2D eigenvalue weighted by Gasteiger charge is -2.10. The third kappa shape index (κ3) is 3.10. The Morgan fingerprint density at radius 3 is 2.81 bits per heavy atom. The normalized spacial score (nSPS) is 10.7. The molecule has 3 aromatic rings. The number of rotatable bonds is 6. The number of nitrogens with zero attached hydrogens (tertiary/aromatic N) is 5. The zero-order valence-corrected chi connectivity index (χ0v) is 12.0. The van der Waals surface area contributed by atoms with E-state index >= 15 is 0 Å². The van der Waals surface area contributed by atoms with Crippen LogP contribution in [0.4, 0.5) is 5.69 Å². The molecule has 6 heteroatoms. The summed E-state index contributed by atoms with van der Waals surface area (Å²) in [5, 5.41) is 11.1. The van der Waals surface area contributed by atoms with Crippen molar-refractivity contribution in [2.24, 2.45) is 0 Å². The summed E-state index contributed by atoms with van der Waals surface area (Å²) in [4.78, 5) is 4.21. The van der Waals surface area contributed by atoms with Crippen molar-refractivity contribution in [2.75, 3.05) is 5.32 Å². The second-order valence-electron chi connectivity index (χ2n) is 4.85. The summed E-state index contributed by atoms with van der Waals surface area (Å²) >= 11 is 0. The fourth-order valence-electron chi connectivity index (χ4n) is 2.24. The minimum Gasteiger partial charge on any atom is -0.379 e. The first-order chi connectivity index (χ1) is 10.4. The molecule has 0 bridgehead atoms. The molecule has 0 amide bonds. The Kier molecular flexibility index (Phi) is 3.95. The van der Waals surface area contributed by atoms with E-state index in [9.17, 15) is 0 Å². The van der Waals surface area contributed by atoms with Crippen LogP contribution in [0.15, 0.2) is 49.4 Å². The highest BCUT2D eigenvalue weighted by molar-refractivity contribution is 5.51. The molecule has 1 N–H and O–H groups in total. The molecule has 0 spiro atoms. The first-order valence-corrected chi connectivity index (χ1v) is 7.05. The Morgan fingerprint density at radius 2 is 2.00 bits per heavy atom. The van der Waals surface area contributed by atoms with Crippen LogP contribution in [-0.2, 0) is 13.1 Å². The van der Waals surface area contributed by atoms with Crippen LogP contribution in [0, 0.1) is 0 Å². The Morgan fingerprint density at radius 1 is 1.14 bits per heavy atom. The van der Waals surface area contributed by atoms with Crippen LogP contribution in [0.3, 0.4) is 0 Å². The summed E-state index contributed by atoms with van der Waals surface area (Å²) in [6.45, 7) is 3.92. The molecule has 0 fully saturated rings. The van der Waals surface area contributed by atoms with E-state index in [1.165, 1.54) is 5.69 Å². The molecule has 0 atom stereocenters. The van der Waals surface area contributed by atoms with Crippen LogP contribution in [-0.4, -0.2) is 24.3 Å². The lowest BCUT2D eigenvalue weighted by atomic mass is 10.2. The lowest BCUT2D eigenvalue weighted by Crippen LogP contribution is -2.07. The van der Waals surface area contributed by atoms with Crippen molar-refractivity contribution in [3.05, 3.63) is 55.1 Å². The predicted octanol–water partition coefficient (Wildman–Crippen LogP) is 2.49. The third-order valence-corrected chi connectivity index (χ3v) is 3.30. The van der Waals surface area contributed by atoms with E-state index in [4.69, 9.17) is 0 Å². The molecule has 6 nitrogen and oxygen atoms in total. The molecule has 0 aliphatic rings. The topological polar surface area (TPSA) is 60.6 Å². The molecule has 108 valence electrons. The smallest absolute Gasteiger partial charge is 0.123 e. The van der Waals surface area contributed by atoms with E-state index < -0.39 is 0 Å². The number of aryl methyl sites for hydroxylation is 1. The summed E-state index contributed by atoms with van der Waals surface area (Å²) in [7, 11) is 0. The average molecular weight is 282 g/mol. The van der Waals surface area contributed by atoms with Crippen molar-refractivity contribution < 1.29 is 0 Å². The first kappa shape index (κ1) is 13.4. The van der Waals surface area contributed by atoms with E-state index in [-0.39, 0.29) is 0 Å². The average Bonchev–Trinajstić information content (AvgIpc) is 3.18. The minimum absolute atomic E-state index is 0.756. The monoisotopic (exact) mass is 282 g/mol. The summed E-state index contributed by atoms with van der Waals surface area (Å²) in [6, 6.07) is 8.16. The van der Waals surface area contributed by atoms with Gasteiger partial charge < -0.3 is 9.88 Å². The summed E-state index contributed by atoms with van der Waals surface area (Å²) in [6.07, 6.45) is 8.28. The third-order valence-electron chi connectivity index (χ3n) is 3.30. The number of hydrogen-bond acceptors (Lipinski definition) is 4. The second-order valence-corrected chi connectivity index (χ2v) is 4.85. The van der Waals surface area contributed by atoms with Gasteiger partial charge in [-0.15, -0.1) is 10.2 Å². The zero-order valence-electron chi connectivity index (χ0n) is 12.0. The molecule has 2 aromatic heterocycles. The van der Waals surface area contributed by atoms with Crippen LogP contribution >= 0.6 is 0 Å². The van der Waals surface area contributed by atoms with Gasteiger partial charge >= 0.3 is 0 Å². The highest BCUT2D eigenvalue weighted by atomic mass is 15.2. The molecule has 21 heavy (non-hydrogen) atoms. The zero-order chi connectivity index (χ0) is 14.5. The van der Waals surface area contributed by atoms with Crippen molar-refractivity contribution in [1.82, 2.24) is 24.3 Å². The fraction of sp³-hybridized carbons (Fsp3) is 0.267. The number of benzene rings is 1. The molecular formula is C15H18N6. The maximum absolute atomic E-state index is 4.21. The summed E-state index contributed by atoms with van der Waals surface area (Å²) in [5.41, 5.74) is 3.28. The van der Waals surface area contributed by atoms with Gasteiger partial charge in [0, 0.05) is 18.4 Å². The van der Waals surface area contributed by atoms with Gasteiger partial charge in [0.2, 0.25) is 0 Å². The number of anilines is 1. The maximum Gasteiger partial charge on any atom is 0.123 e. The number of hydrogen-bond donors (Lipinski definition) is 1. The van der Waals surface area contributed by atoms with Crippen molar-refractivity contribution in [1.29, 1.82) is 0 Å². The first-order valence-electron chi connectivity index (χ1n) is 7.05. The van der Waals surface area contributed by atoms with Crippen LogP contribution in [0.25, 0.3) is 5.69 Å².